The quantitative estimate of drug-likeness (QED) is 0.0283. The van der Waals surface area contributed by atoms with E-state index in [1.807, 2.05) is 0 Å². The van der Waals surface area contributed by atoms with Crippen LogP contribution in [-0.4, -0.2) is 0 Å². The summed E-state index contributed by atoms with van der Waals surface area (Å²) in [5.74, 6) is 0. The van der Waals surface area contributed by atoms with Crippen LogP contribution in [0, 0.1) is 0 Å². The molecule has 0 heterocycles. The average Bonchev–Trinajstić information content (AvgIpc) is 1.52. The summed E-state index contributed by atoms with van der Waals surface area (Å²) in [5.41, 5.74) is 46.8. The van der Waals surface area contributed by atoms with E-state index in [4.69, 9.17) is 0 Å². The Morgan fingerprint density at radius 1 is 0.177 bits per heavy atom. The summed E-state index contributed by atoms with van der Waals surface area (Å²) in [7, 11) is 0. The van der Waals surface area contributed by atoms with Crippen molar-refractivity contribution in [2.24, 2.45) is 0 Å². The zero-order chi connectivity index (χ0) is 96.3. The third-order valence-corrected chi connectivity index (χ3v) is 35.8. The van der Waals surface area contributed by atoms with Gasteiger partial charge in [0.05, 0.1) is 5.69 Å². The fourth-order valence-electron chi connectivity index (χ4n) is 28.2. The van der Waals surface area contributed by atoms with Gasteiger partial charge in [0.25, 0.3) is 0 Å². The van der Waals surface area contributed by atoms with Gasteiger partial charge < -0.3 is 4.90 Å². The van der Waals surface area contributed by atoms with Gasteiger partial charge in [-0.1, -0.05) is 462 Å². The summed E-state index contributed by atoms with van der Waals surface area (Å²) >= 11 is 0. The standard InChI is InChI=1S/C140H143N/c1-13-17-21-25-29-43-78-139(79-44-30-26-22-18-14-2)121-58-41-39-52-106(121)110-75-66-97(85-129(110)139)95-65-74-109-108-73-64-94(82-123(108)135(5,6)124(109)83-95)92-60-69-99(70-61-92)141(132-91-131-133(114-55-38-37-54-113(114)132)120-90-127-119(89-128(120)137(131,9)10)118-87-116-104-50-35-33-48-102(104)103-49-34-36-51-105(103)117(116)88-126(118)136(127,7)8)100-71-62-93(63-72-100)101-56-47-57-115-112-77-68-96(84-125(112)138(11,12)134(101)115)98-67-76-111-107-53-40-42-59-122(107)140(130(111)86-98,80-45-31-27-23-19-15-3)81-46-32-28-24-20-16-4/h33-42,47-77,82-91H,13-32,43-46,78-81H2,1-12H3. The molecule has 141 heavy (non-hydrogen) atoms. The second-order valence-corrected chi connectivity index (χ2v) is 45.6. The molecule has 23 rings (SSSR count). The second kappa shape index (κ2) is 37.1. The van der Waals surface area contributed by atoms with Crippen LogP contribution >= 0.6 is 0 Å². The first-order chi connectivity index (χ1) is 68.8. The van der Waals surface area contributed by atoms with Gasteiger partial charge in [0.2, 0.25) is 0 Å². The number of unbranched alkanes of at least 4 members (excludes halogenated alkanes) is 20. The lowest BCUT2D eigenvalue weighted by atomic mass is 9.70. The van der Waals surface area contributed by atoms with E-state index in [-0.39, 0.29) is 32.5 Å². The van der Waals surface area contributed by atoms with E-state index in [2.05, 4.69) is 397 Å². The first-order valence-electron chi connectivity index (χ1n) is 55.0. The summed E-state index contributed by atoms with van der Waals surface area (Å²) in [6.45, 7) is 29.3. The number of nitrogens with zero attached hydrogens (tertiary/aromatic N) is 1. The van der Waals surface area contributed by atoms with Crippen molar-refractivity contribution in [3.8, 4) is 111 Å². The second-order valence-electron chi connectivity index (χ2n) is 45.6. The molecule has 0 aliphatic heterocycles. The van der Waals surface area contributed by atoms with Crippen LogP contribution in [0.2, 0.25) is 0 Å². The molecule has 708 valence electrons. The van der Waals surface area contributed by atoms with E-state index in [9.17, 15) is 0 Å². The van der Waals surface area contributed by atoms with E-state index >= 15 is 0 Å². The number of rotatable bonds is 35. The third-order valence-electron chi connectivity index (χ3n) is 35.8. The lowest BCUT2D eigenvalue weighted by molar-refractivity contribution is 0.398. The molecule has 1 nitrogen and oxygen atoms in total. The van der Waals surface area contributed by atoms with Crippen LogP contribution in [0.5, 0.6) is 0 Å². The molecule has 0 saturated carbocycles. The summed E-state index contributed by atoms with van der Waals surface area (Å²) in [4.78, 5) is 2.60. The molecular weight excluding hydrogens is 1700 g/mol. The van der Waals surface area contributed by atoms with Crippen molar-refractivity contribution < 1.29 is 0 Å². The van der Waals surface area contributed by atoms with Gasteiger partial charge in [0, 0.05) is 49.3 Å². The Hall–Kier alpha value is -12.4. The van der Waals surface area contributed by atoms with Crippen LogP contribution in [0.1, 0.15) is 330 Å². The van der Waals surface area contributed by atoms with Crippen molar-refractivity contribution >= 4 is 60.2 Å². The zero-order valence-electron chi connectivity index (χ0n) is 86.2. The summed E-state index contributed by atoms with van der Waals surface area (Å²) in [6.07, 6.45) is 36.5. The molecule has 6 aliphatic carbocycles. The van der Waals surface area contributed by atoms with Gasteiger partial charge in [-0.2, -0.15) is 0 Å². The largest absolute Gasteiger partial charge is 0.310 e. The number of benzene rings is 17. The van der Waals surface area contributed by atoms with Gasteiger partial charge in [-0.05, 0) is 326 Å². The van der Waals surface area contributed by atoms with Crippen LogP contribution in [0.3, 0.4) is 0 Å². The molecule has 0 N–H and O–H groups in total. The fraction of sp³-hybridized carbons (Fsp3) is 0.329. The molecule has 17 aromatic carbocycles. The molecular formula is C140H143N. The lowest BCUT2D eigenvalue weighted by Gasteiger charge is -2.33. The van der Waals surface area contributed by atoms with E-state index in [0.717, 1.165) is 11.4 Å². The molecule has 0 bridgehead atoms. The topological polar surface area (TPSA) is 3.24 Å². The Morgan fingerprint density at radius 3 is 0.936 bits per heavy atom. The van der Waals surface area contributed by atoms with Crippen molar-refractivity contribution in [1.82, 2.24) is 0 Å². The van der Waals surface area contributed by atoms with Crippen molar-refractivity contribution in [3.05, 3.63) is 376 Å². The van der Waals surface area contributed by atoms with Crippen molar-refractivity contribution in [1.29, 1.82) is 0 Å². The number of hydrogen-bond donors (Lipinski definition) is 0. The average molecular weight is 1840 g/mol. The van der Waals surface area contributed by atoms with Crippen LogP contribution < -0.4 is 4.90 Å². The Kier molecular flexibility index (Phi) is 24.3. The maximum Gasteiger partial charge on any atom is 0.0543 e. The Labute approximate surface area is 841 Å². The summed E-state index contributed by atoms with van der Waals surface area (Å²) in [5, 5.41) is 10.4. The SMILES string of the molecule is CCCCCCCCC1(CCCCCCCC)c2ccccc2-c2ccc(-c3ccc4c(c3)C(C)(C)c3cc(-c5ccc(N(c6ccc(-c7cccc8c7C(C)(C)c7cc(-c9ccc%10c(c9)C(CCCCCCCC)(CCCCCCCC)c9ccccc9-%10)ccc7-8)cc6)c6cc7c(c8ccccc68)-c6cc8c(cc6C7(C)C)-c6cc7c9ccccc9c9ccccc9c7cc6C8(C)C)cc5)ccc3-4)cc21. The highest BCUT2D eigenvalue weighted by atomic mass is 15.1. The molecule has 0 atom stereocenters. The summed E-state index contributed by atoms with van der Waals surface area (Å²) in [6, 6.07) is 124. The molecule has 0 spiro atoms. The predicted octanol–water partition coefficient (Wildman–Crippen LogP) is 41.2. The van der Waals surface area contributed by atoms with Gasteiger partial charge in [0.15, 0.2) is 0 Å². The molecule has 6 aliphatic rings. The molecule has 0 saturated heterocycles. The maximum absolute atomic E-state index is 2.66. The molecule has 17 aromatic rings. The monoisotopic (exact) mass is 1840 g/mol. The van der Waals surface area contributed by atoms with E-state index < -0.39 is 0 Å². The van der Waals surface area contributed by atoms with E-state index in [1.54, 1.807) is 22.3 Å². The first kappa shape index (κ1) is 92.3. The number of anilines is 3. The van der Waals surface area contributed by atoms with Crippen molar-refractivity contribution in [2.75, 3.05) is 4.90 Å². The van der Waals surface area contributed by atoms with Crippen LogP contribution in [0.15, 0.2) is 309 Å². The summed E-state index contributed by atoms with van der Waals surface area (Å²) < 4.78 is 0. The van der Waals surface area contributed by atoms with Crippen LogP contribution in [0.4, 0.5) is 17.1 Å². The lowest BCUT2D eigenvalue weighted by Crippen LogP contribution is -2.25. The maximum atomic E-state index is 2.66. The minimum absolute atomic E-state index is 0.0169. The first-order valence-corrected chi connectivity index (χ1v) is 55.0. The van der Waals surface area contributed by atoms with E-state index in [1.165, 1.54) is 384 Å². The van der Waals surface area contributed by atoms with Gasteiger partial charge in [0.1, 0.15) is 0 Å². The Morgan fingerprint density at radius 2 is 0.475 bits per heavy atom. The molecule has 1 heteroatoms. The molecule has 0 aromatic heterocycles. The van der Waals surface area contributed by atoms with Gasteiger partial charge in [-0.3, -0.25) is 0 Å². The minimum Gasteiger partial charge on any atom is -0.310 e. The normalized spacial score (nSPS) is 15.2. The molecule has 0 fully saturated rings. The van der Waals surface area contributed by atoms with E-state index in [0.29, 0.717) is 0 Å². The Bertz CT molecular complexity index is 7680. The van der Waals surface area contributed by atoms with Gasteiger partial charge in [-0.15, -0.1) is 0 Å². The minimum atomic E-state index is -0.354. The third kappa shape index (κ3) is 15.4. The molecule has 0 radical (unpaired) electrons. The number of fused-ring (bicyclic) bond motifs is 26. The molecule has 0 unspecified atom stereocenters. The fourth-order valence-corrected chi connectivity index (χ4v) is 28.2. The highest BCUT2D eigenvalue weighted by Crippen LogP contribution is 2.64. The van der Waals surface area contributed by atoms with Gasteiger partial charge in [-0.25, -0.2) is 0 Å². The smallest absolute Gasteiger partial charge is 0.0543 e. The molecule has 0 amide bonds. The van der Waals surface area contributed by atoms with Crippen molar-refractivity contribution in [2.45, 2.75) is 295 Å². The number of hydrogen-bond acceptors (Lipinski definition) is 1. The van der Waals surface area contributed by atoms with Crippen LogP contribution in [0.25, 0.3) is 154 Å². The highest BCUT2D eigenvalue weighted by molar-refractivity contribution is 6.26. The highest BCUT2D eigenvalue weighted by Gasteiger charge is 2.48. The Balaban J connectivity index is 0.598. The van der Waals surface area contributed by atoms with Gasteiger partial charge >= 0.3 is 0 Å². The van der Waals surface area contributed by atoms with Crippen molar-refractivity contribution in [3.63, 3.8) is 0 Å². The zero-order valence-corrected chi connectivity index (χ0v) is 86.2. The van der Waals surface area contributed by atoms with Crippen LogP contribution in [-0.2, 0) is 32.5 Å². The predicted molar refractivity (Wildman–Crippen MR) is 608 cm³/mol.